The number of benzene rings is 2. The number of rotatable bonds is 2. The molecule has 0 unspecified atom stereocenters. The highest BCUT2D eigenvalue weighted by molar-refractivity contribution is 6.38. The minimum atomic E-state index is -0.931. The van der Waals surface area contributed by atoms with Crippen LogP contribution in [0, 0.1) is 19.8 Å². The van der Waals surface area contributed by atoms with Crippen LogP contribution in [0.5, 0.6) is 0 Å². The number of hydrogen-bond donors (Lipinski definition) is 0. The van der Waals surface area contributed by atoms with Gasteiger partial charge < -0.3 is 4.84 Å². The second-order valence-corrected chi connectivity index (χ2v) is 6.67. The van der Waals surface area contributed by atoms with Gasteiger partial charge in [-0.2, -0.15) is 0 Å². The Labute approximate surface area is 149 Å². The van der Waals surface area contributed by atoms with E-state index in [9.17, 15) is 9.59 Å². The van der Waals surface area contributed by atoms with Crippen LogP contribution in [-0.4, -0.2) is 23.6 Å². The molecular formula is C19H15ClN2O3. The van der Waals surface area contributed by atoms with E-state index < -0.39 is 17.9 Å². The first-order valence-corrected chi connectivity index (χ1v) is 8.30. The highest BCUT2D eigenvalue weighted by atomic mass is 35.5. The Kier molecular flexibility index (Phi) is 3.62. The predicted octanol–water partition coefficient (Wildman–Crippen LogP) is 3.25. The van der Waals surface area contributed by atoms with Crippen LogP contribution in [0.1, 0.15) is 16.7 Å². The van der Waals surface area contributed by atoms with Crippen molar-refractivity contribution in [2.45, 2.75) is 20.0 Å². The summed E-state index contributed by atoms with van der Waals surface area (Å²) in [6.07, 6.45) is -0.931. The molecule has 0 spiro atoms. The number of anilines is 1. The van der Waals surface area contributed by atoms with Gasteiger partial charge in [0.2, 0.25) is 12.0 Å². The van der Waals surface area contributed by atoms with Gasteiger partial charge in [-0.05, 0) is 31.5 Å². The minimum absolute atomic E-state index is 0.335. The highest BCUT2D eigenvalue weighted by Gasteiger charge is 2.56. The molecule has 25 heavy (non-hydrogen) atoms. The SMILES string of the molecule is Cc1ccc(N2C(=O)[C@@H]3C(c4ccccc4Cl)=NO[C@H]3C2=O)c(C)c1. The summed E-state index contributed by atoms with van der Waals surface area (Å²) in [7, 11) is 0. The molecule has 0 saturated carbocycles. The lowest BCUT2D eigenvalue weighted by molar-refractivity contribution is -0.126. The lowest BCUT2D eigenvalue weighted by atomic mass is 9.94. The number of nitrogens with zero attached hydrogens (tertiary/aromatic N) is 2. The standard InChI is InChI=1S/C19H15ClN2O3/c1-10-7-8-14(11(2)9-10)22-18(23)15-16(21-25-17(15)19(22)24)12-5-3-4-6-13(12)20/h3-9,15,17H,1-2H3/t15-,17-/m1/s1. The molecule has 1 fully saturated rings. The summed E-state index contributed by atoms with van der Waals surface area (Å²) in [4.78, 5) is 32.3. The monoisotopic (exact) mass is 354 g/mol. The summed E-state index contributed by atoms with van der Waals surface area (Å²) < 4.78 is 0. The van der Waals surface area contributed by atoms with Crippen LogP contribution < -0.4 is 4.90 Å². The molecule has 4 rings (SSSR count). The fourth-order valence-electron chi connectivity index (χ4n) is 3.36. The summed E-state index contributed by atoms with van der Waals surface area (Å²) in [5, 5.41) is 4.45. The molecule has 1 saturated heterocycles. The van der Waals surface area contributed by atoms with Gasteiger partial charge in [0.1, 0.15) is 11.6 Å². The molecule has 2 aromatic carbocycles. The summed E-state index contributed by atoms with van der Waals surface area (Å²) in [6.45, 7) is 3.84. The Hall–Kier alpha value is -2.66. The average Bonchev–Trinajstić information content (AvgIpc) is 3.10. The van der Waals surface area contributed by atoms with Gasteiger partial charge in [-0.15, -0.1) is 0 Å². The normalized spacial score (nSPS) is 22.0. The zero-order valence-electron chi connectivity index (χ0n) is 13.7. The molecule has 0 aromatic heterocycles. The summed E-state index contributed by atoms with van der Waals surface area (Å²) in [6, 6.07) is 12.7. The van der Waals surface area contributed by atoms with Gasteiger partial charge in [0, 0.05) is 10.6 Å². The molecule has 0 bridgehead atoms. The lowest BCUT2D eigenvalue weighted by Gasteiger charge is -2.18. The van der Waals surface area contributed by atoms with E-state index in [0.717, 1.165) is 11.1 Å². The van der Waals surface area contributed by atoms with Gasteiger partial charge in [-0.25, -0.2) is 4.90 Å². The minimum Gasteiger partial charge on any atom is -0.381 e. The third kappa shape index (κ3) is 2.35. The maximum Gasteiger partial charge on any atom is 0.278 e. The zero-order chi connectivity index (χ0) is 17.7. The van der Waals surface area contributed by atoms with Gasteiger partial charge in [-0.3, -0.25) is 9.59 Å². The van der Waals surface area contributed by atoms with Crippen LogP contribution in [0.3, 0.4) is 0 Å². The maximum atomic E-state index is 13.0. The van der Waals surface area contributed by atoms with Gasteiger partial charge in [0.15, 0.2) is 0 Å². The van der Waals surface area contributed by atoms with Crippen LogP contribution in [-0.2, 0) is 14.4 Å². The van der Waals surface area contributed by atoms with Crippen molar-refractivity contribution in [2.75, 3.05) is 4.90 Å². The number of hydrogen-bond acceptors (Lipinski definition) is 4. The van der Waals surface area contributed by atoms with E-state index >= 15 is 0 Å². The summed E-state index contributed by atoms with van der Waals surface area (Å²) >= 11 is 6.23. The third-order valence-corrected chi connectivity index (χ3v) is 4.88. The number of fused-ring (bicyclic) bond motifs is 1. The van der Waals surface area contributed by atoms with Crippen molar-refractivity contribution in [2.24, 2.45) is 11.1 Å². The molecular weight excluding hydrogens is 340 g/mol. The fourth-order valence-corrected chi connectivity index (χ4v) is 3.60. The molecule has 2 aliphatic heterocycles. The second-order valence-electron chi connectivity index (χ2n) is 6.26. The zero-order valence-corrected chi connectivity index (χ0v) is 14.4. The number of halogens is 1. The van der Waals surface area contributed by atoms with Crippen molar-refractivity contribution in [3.05, 3.63) is 64.2 Å². The smallest absolute Gasteiger partial charge is 0.278 e. The number of carbonyl (C=O) groups is 2. The van der Waals surface area contributed by atoms with E-state index in [-0.39, 0.29) is 5.91 Å². The van der Waals surface area contributed by atoms with Crippen molar-refractivity contribution >= 4 is 34.8 Å². The molecule has 2 amide bonds. The van der Waals surface area contributed by atoms with Crippen molar-refractivity contribution < 1.29 is 14.4 Å². The molecule has 2 aromatic rings. The Bertz CT molecular complexity index is 938. The largest absolute Gasteiger partial charge is 0.381 e. The van der Waals surface area contributed by atoms with E-state index in [1.54, 1.807) is 30.3 Å². The molecule has 0 radical (unpaired) electrons. The summed E-state index contributed by atoms with van der Waals surface area (Å²) in [5.41, 5.74) is 3.52. The van der Waals surface area contributed by atoms with Crippen LogP contribution in [0.15, 0.2) is 47.6 Å². The van der Waals surface area contributed by atoms with E-state index in [1.807, 2.05) is 26.0 Å². The molecule has 126 valence electrons. The Morgan fingerprint density at radius 1 is 1.08 bits per heavy atom. The van der Waals surface area contributed by atoms with E-state index in [1.165, 1.54) is 4.90 Å². The number of aryl methyl sites for hydroxylation is 2. The molecule has 2 aliphatic rings. The molecule has 5 nitrogen and oxygen atoms in total. The predicted molar refractivity (Wildman–Crippen MR) is 94.8 cm³/mol. The van der Waals surface area contributed by atoms with Crippen molar-refractivity contribution in [3.8, 4) is 0 Å². The average molecular weight is 355 g/mol. The quantitative estimate of drug-likeness (QED) is 0.778. The fraction of sp³-hybridized carbons (Fsp3) is 0.211. The van der Waals surface area contributed by atoms with Crippen molar-refractivity contribution in [1.29, 1.82) is 0 Å². The number of oxime groups is 1. The van der Waals surface area contributed by atoms with Crippen LogP contribution in [0.25, 0.3) is 0 Å². The number of amides is 2. The van der Waals surface area contributed by atoms with Crippen LogP contribution >= 0.6 is 11.6 Å². The maximum absolute atomic E-state index is 13.0. The number of carbonyl (C=O) groups excluding carboxylic acids is 2. The number of imide groups is 1. The van der Waals surface area contributed by atoms with Crippen molar-refractivity contribution in [1.82, 2.24) is 0 Å². The first kappa shape index (κ1) is 15.8. The molecule has 6 heteroatoms. The first-order valence-electron chi connectivity index (χ1n) is 7.92. The Morgan fingerprint density at radius 3 is 2.56 bits per heavy atom. The second kappa shape index (κ2) is 5.70. The molecule has 0 N–H and O–H groups in total. The van der Waals surface area contributed by atoms with Crippen LogP contribution in [0.4, 0.5) is 5.69 Å². The van der Waals surface area contributed by atoms with E-state index in [2.05, 4.69) is 5.16 Å². The van der Waals surface area contributed by atoms with Gasteiger partial charge in [0.25, 0.3) is 5.91 Å². The van der Waals surface area contributed by atoms with Crippen molar-refractivity contribution in [3.63, 3.8) is 0 Å². The Morgan fingerprint density at radius 2 is 1.84 bits per heavy atom. The van der Waals surface area contributed by atoms with Gasteiger partial charge in [-0.1, -0.05) is 52.7 Å². The van der Waals surface area contributed by atoms with Crippen LogP contribution in [0.2, 0.25) is 5.02 Å². The van der Waals surface area contributed by atoms with E-state index in [0.29, 0.717) is 22.0 Å². The van der Waals surface area contributed by atoms with Gasteiger partial charge in [0.05, 0.1) is 5.69 Å². The highest BCUT2D eigenvalue weighted by Crippen LogP contribution is 2.37. The lowest BCUT2D eigenvalue weighted by Crippen LogP contribution is -2.33. The molecule has 2 heterocycles. The molecule has 0 aliphatic carbocycles. The first-order chi connectivity index (χ1) is 12.0. The van der Waals surface area contributed by atoms with E-state index in [4.69, 9.17) is 16.4 Å². The topological polar surface area (TPSA) is 59.0 Å². The Balaban J connectivity index is 1.75. The van der Waals surface area contributed by atoms with Gasteiger partial charge >= 0.3 is 0 Å². The molecule has 2 atom stereocenters. The summed E-state index contributed by atoms with van der Waals surface area (Å²) in [5.74, 6) is -1.50. The third-order valence-electron chi connectivity index (χ3n) is 4.56.